The highest BCUT2D eigenvalue weighted by molar-refractivity contribution is 7.16. The van der Waals surface area contributed by atoms with E-state index in [0.717, 1.165) is 41.7 Å². The summed E-state index contributed by atoms with van der Waals surface area (Å²) < 4.78 is 1.93. The third kappa shape index (κ3) is 2.47. The van der Waals surface area contributed by atoms with Gasteiger partial charge >= 0.3 is 0 Å². The van der Waals surface area contributed by atoms with Gasteiger partial charge in [0.1, 0.15) is 16.7 Å². The molecule has 0 saturated carbocycles. The number of aryl methyl sites for hydroxylation is 2. The Bertz CT molecular complexity index is 993. The van der Waals surface area contributed by atoms with E-state index in [1.165, 1.54) is 16.2 Å². The molecule has 0 fully saturated rings. The van der Waals surface area contributed by atoms with Gasteiger partial charge in [-0.1, -0.05) is 6.07 Å². The van der Waals surface area contributed by atoms with Gasteiger partial charge in [0, 0.05) is 17.3 Å². The monoisotopic (exact) mass is 336 g/mol. The average molecular weight is 336 g/mol. The molecule has 1 aliphatic carbocycles. The number of thiophene rings is 1. The van der Waals surface area contributed by atoms with Gasteiger partial charge in [-0.05, 0) is 43.4 Å². The summed E-state index contributed by atoms with van der Waals surface area (Å²) in [5, 5.41) is 13.0. The fourth-order valence-electron chi connectivity index (χ4n) is 3.24. The molecule has 3 aromatic rings. The standard InChI is InChI=1S/C18H16N4OS/c1-11-4-3-7-22-10-12(20-17(11)22)8-16(23)21-18-14(9-19)13-5-2-6-15(13)24-18/h3-4,7,10H,2,5-6,8H2,1H3,(H,21,23). The number of nitrogens with zero attached hydrogens (tertiary/aromatic N) is 3. The zero-order valence-electron chi connectivity index (χ0n) is 13.3. The molecular formula is C18H16N4OS. The van der Waals surface area contributed by atoms with E-state index in [2.05, 4.69) is 16.4 Å². The molecule has 0 saturated heterocycles. The molecule has 0 aromatic carbocycles. The highest BCUT2D eigenvalue weighted by Crippen LogP contribution is 2.38. The molecular weight excluding hydrogens is 320 g/mol. The number of rotatable bonds is 3. The second kappa shape index (κ2) is 5.77. The molecule has 6 heteroatoms. The minimum Gasteiger partial charge on any atom is -0.316 e. The number of anilines is 1. The van der Waals surface area contributed by atoms with E-state index in [1.54, 1.807) is 0 Å². The van der Waals surface area contributed by atoms with E-state index in [9.17, 15) is 10.1 Å². The van der Waals surface area contributed by atoms with E-state index in [0.29, 0.717) is 10.6 Å². The van der Waals surface area contributed by atoms with Crippen molar-refractivity contribution in [1.29, 1.82) is 5.26 Å². The maximum atomic E-state index is 12.4. The third-order valence-electron chi connectivity index (χ3n) is 4.36. The quantitative estimate of drug-likeness (QED) is 0.798. The summed E-state index contributed by atoms with van der Waals surface area (Å²) in [4.78, 5) is 18.1. The highest BCUT2D eigenvalue weighted by Gasteiger charge is 2.23. The van der Waals surface area contributed by atoms with Crippen LogP contribution in [0.5, 0.6) is 0 Å². The van der Waals surface area contributed by atoms with E-state index >= 15 is 0 Å². The largest absolute Gasteiger partial charge is 0.316 e. The number of amides is 1. The Kier molecular flexibility index (Phi) is 3.58. The second-order valence-electron chi connectivity index (χ2n) is 6.05. The van der Waals surface area contributed by atoms with Crippen LogP contribution in [0.2, 0.25) is 0 Å². The minimum atomic E-state index is -0.132. The molecule has 0 radical (unpaired) electrons. The maximum absolute atomic E-state index is 12.4. The van der Waals surface area contributed by atoms with Crippen LogP contribution in [-0.4, -0.2) is 15.3 Å². The van der Waals surface area contributed by atoms with Crippen molar-refractivity contribution in [2.45, 2.75) is 32.6 Å². The van der Waals surface area contributed by atoms with Gasteiger partial charge in [0.25, 0.3) is 0 Å². The molecule has 0 aliphatic heterocycles. The molecule has 0 spiro atoms. The SMILES string of the molecule is Cc1cccn2cc(CC(=O)Nc3sc4c(c3C#N)CCC4)nc12. The summed E-state index contributed by atoms with van der Waals surface area (Å²) in [6.07, 6.45) is 7.06. The predicted molar refractivity (Wildman–Crippen MR) is 93.3 cm³/mol. The molecule has 1 amide bonds. The van der Waals surface area contributed by atoms with Crippen LogP contribution in [0.15, 0.2) is 24.5 Å². The zero-order chi connectivity index (χ0) is 16.7. The van der Waals surface area contributed by atoms with Gasteiger partial charge in [-0.25, -0.2) is 4.98 Å². The number of nitriles is 1. The van der Waals surface area contributed by atoms with Crippen molar-refractivity contribution in [3.05, 3.63) is 51.8 Å². The summed E-state index contributed by atoms with van der Waals surface area (Å²) in [6, 6.07) is 6.21. The van der Waals surface area contributed by atoms with Gasteiger partial charge in [-0.2, -0.15) is 5.26 Å². The number of imidazole rings is 1. The molecule has 3 aromatic heterocycles. The zero-order valence-corrected chi connectivity index (χ0v) is 14.1. The predicted octanol–water partition coefficient (Wildman–Crippen LogP) is 3.25. The maximum Gasteiger partial charge on any atom is 0.231 e. The number of carbonyl (C=O) groups excluding carboxylic acids is 1. The van der Waals surface area contributed by atoms with Crippen molar-refractivity contribution in [3.8, 4) is 6.07 Å². The fourth-order valence-corrected chi connectivity index (χ4v) is 4.49. The molecule has 0 bridgehead atoms. The van der Waals surface area contributed by atoms with Crippen LogP contribution in [0.1, 0.15) is 33.7 Å². The van der Waals surface area contributed by atoms with Crippen LogP contribution in [0, 0.1) is 18.3 Å². The topological polar surface area (TPSA) is 70.2 Å². The molecule has 24 heavy (non-hydrogen) atoms. The van der Waals surface area contributed by atoms with Crippen molar-refractivity contribution in [2.24, 2.45) is 0 Å². The number of aromatic nitrogens is 2. The number of hydrogen-bond donors (Lipinski definition) is 1. The Hall–Kier alpha value is -2.65. The number of carbonyl (C=O) groups is 1. The van der Waals surface area contributed by atoms with Gasteiger partial charge in [-0.3, -0.25) is 4.79 Å². The molecule has 0 unspecified atom stereocenters. The number of nitrogens with one attached hydrogen (secondary N) is 1. The van der Waals surface area contributed by atoms with Crippen LogP contribution >= 0.6 is 11.3 Å². The van der Waals surface area contributed by atoms with Crippen LogP contribution in [0.3, 0.4) is 0 Å². The summed E-state index contributed by atoms with van der Waals surface area (Å²) in [7, 11) is 0. The average Bonchev–Trinajstić information content (AvgIpc) is 3.21. The minimum absolute atomic E-state index is 0.132. The first-order valence-corrected chi connectivity index (χ1v) is 8.75. The molecule has 0 atom stereocenters. The van der Waals surface area contributed by atoms with E-state index in [1.807, 2.05) is 35.9 Å². The van der Waals surface area contributed by atoms with Crippen LogP contribution in [0.4, 0.5) is 5.00 Å². The van der Waals surface area contributed by atoms with E-state index < -0.39 is 0 Å². The normalized spacial score (nSPS) is 13.0. The lowest BCUT2D eigenvalue weighted by atomic mass is 10.1. The van der Waals surface area contributed by atoms with Gasteiger partial charge in [0.15, 0.2) is 0 Å². The Labute approximate surface area is 143 Å². The van der Waals surface area contributed by atoms with Crippen LogP contribution in [0.25, 0.3) is 5.65 Å². The Morgan fingerprint density at radius 3 is 3.17 bits per heavy atom. The van der Waals surface area contributed by atoms with Gasteiger partial charge in [0.05, 0.1) is 17.7 Å². The first-order valence-electron chi connectivity index (χ1n) is 7.93. The molecule has 3 heterocycles. The van der Waals surface area contributed by atoms with Gasteiger partial charge < -0.3 is 9.72 Å². The van der Waals surface area contributed by atoms with Crippen molar-refractivity contribution in [2.75, 3.05) is 5.32 Å². The molecule has 1 N–H and O–H groups in total. The second-order valence-corrected chi connectivity index (χ2v) is 7.16. The summed E-state index contributed by atoms with van der Waals surface area (Å²) >= 11 is 1.54. The van der Waals surface area contributed by atoms with E-state index in [4.69, 9.17) is 0 Å². The third-order valence-corrected chi connectivity index (χ3v) is 5.56. The molecule has 5 nitrogen and oxygen atoms in total. The van der Waals surface area contributed by atoms with Crippen LogP contribution in [-0.2, 0) is 24.1 Å². The van der Waals surface area contributed by atoms with Crippen LogP contribution < -0.4 is 5.32 Å². The molecule has 1 aliphatic rings. The lowest BCUT2D eigenvalue weighted by Crippen LogP contribution is -2.14. The van der Waals surface area contributed by atoms with E-state index in [-0.39, 0.29) is 12.3 Å². The summed E-state index contributed by atoms with van der Waals surface area (Å²) in [6.45, 7) is 2.00. The fraction of sp³-hybridized carbons (Fsp3) is 0.278. The van der Waals surface area contributed by atoms with Gasteiger partial charge in [0.2, 0.25) is 5.91 Å². The lowest BCUT2D eigenvalue weighted by Gasteiger charge is -2.02. The Morgan fingerprint density at radius 2 is 2.38 bits per heavy atom. The van der Waals surface area contributed by atoms with Crippen molar-refractivity contribution >= 4 is 27.9 Å². The number of hydrogen-bond acceptors (Lipinski definition) is 4. The summed E-state index contributed by atoms with van der Waals surface area (Å²) in [5.41, 5.74) is 4.44. The number of fused-ring (bicyclic) bond motifs is 2. The molecule has 120 valence electrons. The lowest BCUT2D eigenvalue weighted by molar-refractivity contribution is -0.115. The van der Waals surface area contributed by atoms with Crippen molar-refractivity contribution < 1.29 is 4.79 Å². The van der Waals surface area contributed by atoms with Crippen molar-refractivity contribution in [3.63, 3.8) is 0 Å². The number of pyridine rings is 1. The highest BCUT2D eigenvalue weighted by atomic mass is 32.1. The smallest absolute Gasteiger partial charge is 0.231 e. The first kappa shape index (κ1) is 14.9. The van der Waals surface area contributed by atoms with Gasteiger partial charge in [-0.15, -0.1) is 11.3 Å². The first-order chi connectivity index (χ1) is 11.7. The molecule has 4 rings (SSSR count). The van der Waals surface area contributed by atoms with Crippen molar-refractivity contribution in [1.82, 2.24) is 9.38 Å². The summed E-state index contributed by atoms with van der Waals surface area (Å²) in [5.74, 6) is -0.132. The Balaban J connectivity index is 1.55. The Morgan fingerprint density at radius 1 is 1.50 bits per heavy atom.